The van der Waals surface area contributed by atoms with Crippen LogP contribution in [0.4, 0.5) is 0 Å². The summed E-state index contributed by atoms with van der Waals surface area (Å²) in [5, 5.41) is 3.62. The average Bonchev–Trinajstić information content (AvgIpc) is 3.09. The average molecular weight is 477 g/mol. The summed E-state index contributed by atoms with van der Waals surface area (Å²) in [5.41, 5.74) is 0. The van der Waals surface area contributed by atoms with E-state index in [2.05, 4.69) is 31.9 Å². The second-order valence-electron chi connectivity index (χ2n) is 8.17. The van der Waals surface area contributed by atoms with E-state index in [0.717, 1.165) is 24.3 Å². The van der Waals surface area contributed by atoms with Gasteiger partial charge >= 0.3 is 0 Å². The minimum absolute atomic E-state index is 0. The van der Waals surface area contributed by atoms with Gasteiger partial charge in [-0.2, -0.15) is 0 Å². The molecule has 1 N–H and O–H groups in total. The summed E-state index contributed by atoms with van der Waals surface area (Å²) in [5.74, 6) is 2.99. The Balaban J connectivity index is 0.00000243. The highest BCUT2D eigenvalue weighted by Crippen LogP contribution is 2.35. The largest absolute Gasteiger partial charge is 0.356 e. The number of halogens is 1. The van der Waals surface area contributed by atoms with E-state index >= 15 is 0 Å². The van der Waals surface area contributed by atoms with Gasteiger partial charge in [-0.25, -0.2) is 0 Å². The van der Waals surface area contributed by atoms with Crippen LogP contribution >= 0.6 is 24.0 Å². The van der Waals surface area contributed by atoms with Gasteiger partial charge in [0, 0.05) is 52.9 Å². The van der Waals surface area contributed by atoms with Crippen molar-refractivity contribution in [2.24, 2.45) is 16.8 Å². The van der Waals surface area contributed by atoms with Gasteiger partial charge in [0.15, 0.2) is 5.96 Å². The fraction of sp³-hybridized carbons (Fsp3) is 0.950. The first-order valence-corrected chi connectivity index (χ1v) is 10.7. The maximum atomic E-state index is 4.55. The second kappa shape index (κ2) is 11.7. The molecule has 0 amide bonds. The summed E-state index contributed by atoms with van der Waals surface area (Å²) in [6.07, 6.45) is 8.28. The number of nitrogens with one attached hydrogen (secondary N) is 1. The summed E-state index contributed by atoms with van der Waals surface area (Å²) in [6.45, 7) is 13.2. The predicted molar refractivity (Wildman–Crippen MR) is 122 cm³/mol. The summed E-state index contributed by atoms with van der Waals surface area (Å²) in [4.78, 5) is 12.2. The van der Waals surface area contributed by atoms with Gasteiger partial charge in [-0.05, 0) is 50.6 Å². The lowest BCUT2D eigenvalue weighted by atomic mass is 9.82. The van der Waals surface area contributed by atoms with Crippen molar-refractivity contribution in [2.45, 2.75) is 45.4 Å². The van der Waals surface area contributed by atoms with Gasteiger partial charge in [0.05, 0.1) is 0 Å². The molecule has 3 fully saturated rings. The zero-order valence-corrected chi connectivity index (χ0v) is 19.3. The topological polar surface area (TPSA) is 34.1 Å². The van der Waals surface area contributed by atoms with Crippen LogP contribution in [0.25, 0.3) is 0 Å². The Kier molecular flexibility index (Phi) is 9.99. The van der Waals surface area contributed by atoms with Crippen LogP contribution in [0.15, 0.2) is 4.99 Å². The Morgan fingerprint density at radius 1 is 0.962 bits per heavy atom. The molecule has 2 saturated heterocycles. The van der Waals surface area contributed by atoms with Gasteiger partial charge in [-0.15, -0.1) is 24.0 Å². The highest BCUT2D eigenvalue weighted by atomic mass is 127. The van der Waals surface area contributed by atoms with E-state index in [1.165, 1.54) is 90.9 Å². The molecule has 3 aliphatic rings. The summed E-state index contributed by atoms with van der Waals surface area (Å²) in [6, 6.07) is 0. The number of piperazine rings is 1. The van der Waals surface area contributed by atoms with E-state index in [1.54, 1.807) is 0 Å². The van der Waals surface area contributed by atoms with Crippen LogP contribution in [-0.2, 0) is 0 Å². The van der Waals surface area contributed by atoms with Gasteiger partial charge in [-0.3, -0.25) is 4.99 Å². The standard InChI is InChI=1S/C20H39N5.HI/c1-3-23-12-14-24(15-13-23)11-7-6-10-22-20(21-2)25-16-18-8-4-5-9-19(18)17-25;/h18-19H,3-17H2,1-2H3,(H,21,22);1H. The van der Waals surface area contributed by atoms with Crippen molar-refractivity contribution in [2.75, 3.05) is 66.0 Å². The molecule has 0 aromatic carbocycles. The number of nitrogens with zero attached hydrogens (tertiary/aromatic N) is 4. The predicted octanol–water partition coefficient (Wildman–Crippen LogP) is 2.72. The molecule has 0 spiro atoms. The highest BCUT2D eigenvalue weighted by Gasteiger charge is 2.35. The molecule has 152 valence electrons. The van der Waals surface area contributed by atoms with Crippen molar-refractivity contribution in [1.82, 2.24) is 20.0 Å². The van der Waals surface area contributed by atoms with Crippen molar-refractivity contribution < 1.29 is 0 Å². The fourth-order valence-corrected chi connectivity index (χ4v) is 4.90. The van der Waals surface area contributed by atoms with Crippen molar-refractivity contribution >= 4 is 29.9 Å². The highest BCUT2D eigenvalue weighted by molar-refractivity contribution is 14.0. The van der Waals surface area contributed by atoms with Crippen LogP contribution in [0.2, 0.25) is 0 Å². The maximum absolute atomic E-state index is 4.55. The molecule has 6 heteroatoms. The number of likely N-dealkylation sites (tertiary alicyclic amines) is 1. The number of rotatable bonds is 6. The third-order valence-electron chi connectivity index (χ3n) is 6.58. The van der Waals surface area contributed by atoms with Crippen molar-refractivity contribution in [3.8, 4) is 0 Å². The number of guanidine groups is 1. The molecule has 0 aromatic rings. The van der Waals surface area contributed by atoms with Gasteiger partial charge in [0.2, 0.25) is 0 Å². The molecule has 26 heavy (non-hydrogen) atoms. The first-order valence-electron chi connectivity index (χ1n) is 10.7. The monoisotopic (exact) mass is 477 g/mol. The minimum Gasteiger partial charge on any atom is -0.356 e. The van der Waals surface area contributed by atoms with Crippen molar-refractivity contribution in [1.29, 1.82) is 0 Å². The SMILES string of the molecule is CCN1CCN(CCCCNC(=NC)N2CC3CCCCC3C2)CC1.I. The van der Waals surface area contributed by atoms with Crippen LogP contribution in [-0.4, -0.2) is 86.6 Å². The fourth-order valence-electron chi connectivity index (χ4n) is 4.90. The van der Waals surface area contributed by atoms with Crippen LogP contribution in [0.3, 0.4) is 0 Å². The smallest absolute Gasteiger partial charge is 0.193 e. The van der Waals surface area contributed by atoms with Crippen LogP contribution in [0.5, 0.6) is 0 Å². The Morgan fingerprint density at radius 3 is 2.15 bits per heavy atom. The minimum atomic E-state index is 0. The number of hydrogen-bond donors (Lipinski definition) is 1. The Hall–Kier alpha value is -0.0800. The summed E-state index contributed by atoms with van der Waals surface area (Å²) < 4.78 is 0. The molecule has 0 bridgehead atoms. The summed E-state index contributed by atoms with van der Waals surface area (Å²) in [7, 11) is 1.94. The molecular weight excluding hydrogens is 437 g/mol. The third kappa shape index (κ3) is 6.23. The second-order valence-corrected chi connectivity index (χ2v) is 8.17. The number of fused-ring (bicyclic) bond motifs is 1. The van der Waals surface area contributed by atoms with E-state index in [1.807, 2.05) is 7.05 Å². The lowest BCUT2D eigenvalue weighted by Crippen LogP contribution is -2.46. The molecule has 2 unspecified atom stereocenters. The van der Waals surface area contributed by atoms with Gasteiger partial charge in [-0.1, -0.05) is 19.8 Å². The Bertz CT molecular complexity index is 408. The molecule has 2 aliphatic heterocycles. The number of aliphatic imine (C=N–C) groups is 1. The van der Waals surface area contributed by atoms with E-state index in [0.29, 0.717) is 0 Å². The van der Waals surface area contributed by atoms with Gasteiger partial charge < -0.3 is 20.0 Å². The van der Waals surface area contributed by atoms with Crippen molar-refractivity contribution in [3.63, 3.8) is 0 Å². The Labute approximate surface area is 178 Å². The summed E-state index contributed by atoms with van der Waals surface area (Å²) >= 11 is 0. The number of hydrogen-bond acceptors (Lipinski definition) is 3. The molecule has 0 radical (unpaired) electrons. The Morgan fingerprint density at radius 2 is 1.58 bits per heavy atom. The van der Waals surface area contributed by atoms with E-state index < -0.39 is 0 Å². The van der Waals surface area contributed by atoms with Crippen LogP contribution < -0.4 is 5.32 Å². The molecule has 5 nitrogen and oxygen atoms in total. The third-order valence-corrected chi connectivity index (χ3v) is 6.58. The zero-order valence-electron chi connectivity index (χ0n) is 17.0. The quantitative estimate of drug-likeness (QED) is 0.276. The molecular formula is C20H40IN5. The lowest BCUT2D eigenvalue weighted by Gasteiger charge is -2.34. The van der Waals surface area contributed by atoms with Crippen LogP contribution in [0.1, 0.15) is 45.4 Å². The van der Waals surface area contributed by atoms with Crippen molar-refractivity contribution in [3.05, 3.63) is 0 Å². The van der Waals surface area contributed by atoms with E-state index in [9.17, 15) is 0 Å². The van der Waals surface area contributed by atoms with Crippen LogP contribution in [0, 0.1) is 11.8 Å². The number of unbranched alkanes of at least 4 members (excludes halogenated alkanes) is 1. The molecule has 0 aromatic heterocycles. The lowest BCUT2D eigenvalue weighted by molar-refractivity contribution is 0.136. The first kappa shape index (κ1) is 22.2. The normalized spacial score (nSPS) is 27.9. The number of likely N-dealkylation sites (N-methyl/N-ethyl adjacent to an activating group) is 1. The van der Waals surface area contributed by atoms with E-state index in [-0.39, 0.29) is 24.0 Å². The molecule has 1 saturated carbocycles. The zero-order chi connectivity index (χ0) is 17.5. The molecule has 1 aliphatic carbocycles. The van der Waals surface area contributed by atoms with Gasteiger partial charge in [0.1, 0.15) is 0 Å². The maximum Gasteiger partial charge on any atom is 0.193 e. The molecule has 2 atom stereocenters. The molecule has 3 rings (SSSR count). The van der Waals surface area contributed by atoms with E-state index in [4.69, 9.17) is 0 Å². The molecule has 2 heterocycles. The first-order chi connectivity index (χ1) is 12.3. The van der Waals surface area contributed by atoms with Gasteiger partial charge in [0.25, 0.3) is 0 Å².